The molecule has 1 heterocycles. The third-order valence-corrected chi connectivity index (χ3v) is 4.28. The second-order valence-corrected chi connectivity index (χ2v) is 6.10. The van der Waals surface area contributed by atoms with E-state index >= 15 is 0 Å². The molecule has 1 aromatic heterocycles. The molecule has 112 valence electrons. The molecule has 0 saturated carbocycles. The number of hydrogen-bond acceptors (Lipinski definition) is 2. The highest BCUT2D eigenvalue weighted by molar-refractivity contribution is 7.09. The molecule has 2 N–H and O–H groups in total. The Morgan fingerprint density at radius 2 is 1.81 bits per heavy atom. The Morgan fingerprint density at radius 1 is 1.10 bits per heavy atom. The molecule has 0 aliphatic heterocycles. The summed E-state index contributed by atoms with van der Waals surface area (Å²) in [4.78, 5) is 5.62. The van der Waals surface area contributed by atoms with E-state index in [2.05, 4.69) is 45.3 Å². The molecule has 0 saturated heterocycles. The van der Waals surface area contributed by atoms with Crippen LogP contribution in [-0.2, 0) is 12.8 Å². The van der Waals surface area contributed by atoms with E-state index in [1.54, 1.807) is 18.4 Å². The summed E-state index contributed by atoms with van der Waals surface area (Å²) < 4.78 is 0. The van der Waals surface area contributed by atoms with Crippen molar-refractivity contribution >= 4 is 28.9 Å². The highest BCUT2D eigenvalue weighted by atomic mass is 35.5. The molecule has 0 unspecified atom stereocenters. The van der Waals surface area contributed by atoms with Crippen LogP contribution in [-0.4, -0.2) is 26.1 Å². The van der Waals surface area contributed by atoms with Crippen molar-refractivity contribution in [1.29, 1.82) is 0 Å². The molecule has 0 fully saturated rings. The van der Waals surface area contributed by atoms with Gasteiger partial charge in [0.25, 0.3) is 0 Å². The van der Waals surface area contributed by atoms with Crippen LogP contribution >= 0.6 is 22.9 Å². The Hall–Kier alpha value is -1.52. The maximum Gasteiger partial charge on any atom is 0.190 e. The summed E-state index contributed by atoms with van der Waals surface area (Å²) in [6.45, 7) is 1.74. The lowest BCUT2D eigenvalue weighted by Crippen LogP contribution is -2.39. The zero-order chi connectivity index (χ0) is 14.9. The number of nitrogens with one attached hydrogen (secondary N) is 2. The lowest BCUT2D eigenvalue weighted by Gasteiger charge is -2.11. The predicted molar refractivity (Wildman–Crippen MR) is 92.5 cm³/mol. The molecule has 0 aliphatic rings. The lowest BCUT2D eigenvalue weighted by molar-refractivity contribution is 0.788. The van der Waals surface area contributed by atoms with Gasteiger partial charge in [-0.3, -0.25) is 4.99 Å². The van der Waals surface area contributed by atoms with Crippen molar-refractivity contribution < 1.29 is 0 Å². The molecule has 2 aromatic rings. The van der Waals surface area contributed by atoms with Crippen molar-refractivity contribution in [3.05, 3.63) is 57.2 Å². The Labute approximate surface area is 135 Å². The molecule has 2 rings (SSSR count). The molecule has 0 atom stereocenters. The van der Waals surface area contributed by atoms with Crippen LogP contribution in [0.15, 0.2) is 46.8 Å². The molecular formula is C16H20ClN3S. The Bertz CT molecular complexity index is 549. The average Bonchev–Trinajstić information content (AvgIpc) is 3.01. The van der Waals surface area contributed by atoms with E-state index in [1.807, 2.05) is 12.1 Å². The molecule has 0 radical (unpaired) electrons. The molecule has 0 amide bonds. The summed E-state index contributed by atoms with van der Waals surface area (Å²) in [5, 5.41) is 9.53. The highest BCUT2D eigenvalue weighted by Crippen LogP contribution is 2.09. The van der Waals surface area contributed by atoms with E-state index in [0.717, 1.165) is 36.9 Å². The SMILES string of the molecule is CN=C(NCCc1ccc(Cl)cc1)NCCc1cccs1. The fourth-order valence-electron chi connectivity index (χ4n) is 1.96. The number of rotatable bonds is 6. The Balaban J connectivity index is 1.66. The second kappa shape index (κ2) is 8.70. The van der Waals surface area contributed by atoms with Gasteiger partial charge in [-0.2, -0.15) is 0 Å². The van der Waals surface area contributed by atoms with E-state index in [-0.39, 0.29) is 0 Å². The maximum atomic E-state index is 5.87. The summed E-state index contributed by atoms with van der Waals surface area (Å²) >= 11 is 7.66. The van der Waals surface area contributed by atoms with Gasteiger partial charge in [-0.15, -0.1) is 11.3 Å². The fourth-order valence-corrected chi connectivity index (χ4v) is 2.79. The smallest absolute Gasteiger partial charge is 0.190 e. The number of hydrogen-bond donors (Lipinski definition) is 2. The standard InChI is InChI=1S/C16H20ClN3S/c1-18-16(20-11-9-15-3-2-12-21-15)19-10-8-13-4-6-14(17)7-5-13/h2-7,12H,8-11H2,1H3,(H2,18,19,20). The zero-order valence-corrected chi connectivity index (χ0v) is 13.7. The normalized spacial score (nSPS) is 11.4. The first-order chi connectivity index (χ1) is 10.3. The molecule has 0 spiro atoms. The third-order valence-electron chi connectivity index (χ3n) is 3.09. The van der Waals surface area contributed by atoms with Crippen LogP contribution in [0.2, 0.25) is 5.02 Å². The first-order valence-corrected chi connectivity index (χ1v) is 8.25. The van der Waals surface area contributed by atoms with Gasteiger partial charge >= 0.3 is 0 Å². The van der Waals surface area contributed by atoms with Crippen molar-refractivity contribution in [2.45, 2.75) is 12.8 Å². The summed E-state index contributed by atoms with van der Waals surface area (Å²) in [7, 11) is 1.79. The van der Waals surface area contributed by atoms with Gasteiger partial charge in [-0.25, -0.2) is 0 Å². The largest absolute Gasteiger partial charge is 0.356 e. The quantitative estimate of drug-likeness (QED) is 0.632. The van der Waals surface area contributed by atoms with Crippen molar-refractivity contribution in [2.75, 3.05) is 20.1 Å². The predicted octanol–water partition coefficient (Wildman–Crippen LogP) is 3.35. The van der Waals surface area contributed by atoms with Gasteiger partial charge in [0.1, 0.15) is 0 Å². The molecule has 0 aliphatic carbocycles. The van der Waals surface area contributed by atoms with Gasteiger partial charge in [0.2, 0.25) is 0 Å². The van der Waals surface area contributed by atoms with Crippen LogP contribution < -0.4 is 10.6 Å². The van der Waals surface area contributed by atoms with Crippen LogP contribution in [0.5, 0.6) is 0 Å². The van der Waals surface area contributed by atoms with E-state index in [1.165, 1.54) is 10.4 Å². The molecule has 3 nitrogen and oxygen atoms in total. The zero-order valence-electron chi connectivity index (χ0n) is 12.1. The fraction of sp³-hybridized carbons (Fsp3) is 0.312. The minimum Gasteiger partial charge on any atom is -0.356 e. The Morgan fingerprint density at radius 3 is 2.43 bits per heavy atom. The Kier molecular flexibility index (Phi) is 6.57. The van der Waals surface area contributed by atoms with Gasteiger partial charge in [0, 0.05) is 30.0 Å². The second-order valence-electron chi connectivity index (χ2n) is 4.63. The maximum absolute atomic E-state index is 5.87. The van der Waals surface area contributed by atoms with E-state index in [0.29, 0.717) is 0 Å². The van der Waals surface area contributed by atoms with Crippen molar-refractivity contribution in [2.24, 2.45) is 4.99 Å². The number of benzene rings is 1. The minimum atomic E-state index is 0.776. The number of thiophene rings is 1. The van der Waals surface area contributed by atoms with E-state index in [4.69, 9.17) is 11.6 Å². The molecule has 1 aromatic carbocycles. The molecule has 5 heteroatoms. The summed E-state index contributed by atoms with van der Waals surface area (Å²) in [6, 6.07) is 12.2. The van der Waals surface area contributed by atoms with Gasteiger partial charge in [0.15, 0.2) is 5.96 Å². The van der Waals surface area contributed by atoms with E-state index < -0.39 is 0 Å². The van der Waals surface area contributed by atoms with Crippen molar-refractivity contribution in [1.82, 2.24) is 10.6 Å². The highest BCUT2D eigenvalue weighted by Gasteiger charge is 1.99. The van der Waals surface area contributed by atoms with E-state index in [9.17, 15) is 0 Å². The van der Waals surface area contributed by atoms with Gasteiger partial charge in [-0.1, -0.05) is 29.8 Å². The first-order valence-electron chi connectivity index (χ1n) is 6.99. The number of nitrogens with zero attached hydrogens (tertiary/aromatic N) is 1. The monoisotopic (exact) mass is 321 g/mol. The summed E-state index contributed by atoms with van der Waals surface area (Å²) in [5.74, 6) is 0.848. The number of guanidine groups is 1. The molecular weight excluding hydrogens is 302 g/mol. The third kappa shape index (κ3) is 5.78. The van der Waals surface area contributed by atoms with Crippen LogP contribution in [0, 0.1) is 0 Å². The summed E-state index contributed by atoms with van der Waals surface area (Å²) in [5.41, 5.74) is 1.26. The van der Waals surface area contributed by atoms with Crippen molar-refractivity contribution in [3.8, 4) is 0 Å². The van der Waals surface area contributed by atoms with Crippen LogP contribution in [0.1, 0.15) is 10.4 Å². The molecule has 0 bridgehead atoms. The lowest BCUT2D eigenvalue weighted by atomic mass is 10.1. The summed E-state index contributed by atoms with van der Waals surface area (Å²) in [6.07, 6.45) is 1.97. The van der Waals surface area contributed by atoms with Gasteiger partial charge in [0.05, 0.1) is 0 Å². The van der Waals surface area contributed by atoms with Gasteiger partial charge < -0.3 is 10.6 Å². The number of aliphatic imine (C=N–C) groups is 1. The minimum absolute atomic E-state index is 0.776. The van der Waals surface area contributed by atoms with Crippen molar-refractivity contribution in [3.63, 3.8) is 0 Å². The molecule has 21 heavy (non-hydrogen) atoms. The van der Waals surface area contributed by atoms with Gasteiger partial charge in [-0.05, 0) is 42.0 Å². The van der Waals surface area contributed by atoms with Crippen LogP contribution in [0.4, 0.5) is 0 Å². The van der Waals surface area contributed by atoms with Crippen LogP contribution in [0.3, 0.4) is 0 Å². The first kappa shape index (κ1) is 15.9. The topological polar surface area (TPSA) is 36.4 Å². The average molecular weight is 322 g/mol. The number of halogens is 1. The van der Waals surface area contributed by atoms with Crippen LogP contribution in [0.25, 0.3) is 0 Å².